The Kier molecular flexibility index (Phi) is 4.61. The number of benzene rings is 2. The van der Waals surface area contributed by atoms with Crippen LogP contribution in [0.1, 0.15) is 18.4 Å². The van der Waals surface area contributed by atoms with E-state index in [1.807, 2.05) is 6.07 Å². The van der Waals surface area contributed by atoms with E-state index in [-0.39, 0.29) is 5.44 Å². The summed E-state index contributed by atoms with van der Waals surface area (Å²) in [5, 5.41) is 0. The smallest absolute Gasteiger partial charge is 0.163 e. The van der Waals surface area contributed by atoms with Gasteiger partial charge in [0.15, 0.2) is 5.44 Å². The number of aryl methyl sites for hydroxylation is 1. The zero-order valence-electron chi connectivity index (χ0n) is 12.0. The highest BCUT2D eigenvalue weighted by molar-refractivity contribution is 8.01. The summed E-state index contributed by atoms with van der Waals surface area (Å²) in [6, 6.07) is 16.8. The van der Waals surface area contributed by atoms with Crippen molar-refractivity contribution in [1.82, 2.24) is 0 Å². The van der Waals surface area contributed by atoms with Crippen LogP contribution in [0.25, 0.3) is 0 Å². The van der Waals surface area contributed by atoms with Gasteiger partial charge in [-0.05, 0) is 49.6 Å². The van der Waals surface area contributed by atoms with E-state index < -0.39 is 0 Å². The van der Waals surface area contributed by atoms with Gasteiger partial charge >= 0.3 is 0 Å². The van der Waals surface area contributed by atoms with Crippen LogP contribution < -0.4 is 9.04 Å². The standard InChI is InChI=1S/C17H18ClNOS/c1-13-9-10-15-16(12-13)20-17(8-5-11-18)21-19(15)14-6-3-2-4-7-14/h2-4,6-7,9-10,12,17H,5,8,11H2,1H3. The van der Waals surface area contributed by atoms with Gasteiger partial charge in [0, 0.05) is 17.8 Å². The van der Waals surface area contributed by atoms with E-state index in [0.29, 0.717) is 5.88 Å². The lowest BCUT2D eigenvalue weighted by Gasteiger charge is -2.35. The number of hydrogen-bond donors (Lipinski definition) is 0. The van der Waals surface area contributed by atoms with Crippen molar-refractivity contribution in [2.75, 3.05) is 10.2 Å². The molecule has 2 aromatic carbocycles. The summed E-state index contributed by atoms with van der Waals surface area (Å²) in [7, 11) is 0. The molecule has 0 N–H and O–H groups in total. The highest BCUT2D eigenvalue weighted by Crippen LogP contribution is 2.46. The second-order valence-corrected chi connectivity index (χ2v) is 6.56. The minimum absolute atomic E-state index is 0.109. The molecule has 4 heteroatoms. The van der Waals surface area contributed by atoms with Crippen molar-refractivity contribution >= 4 is 34.9 Å². The molecule has 1 unspecified atom stereocenters. The van der Waals surface area contributed by atoms with Crippen molar-refractivity contribution < 1.29 is 4.74 Å². The number of nitrogens with zero attached hydrogens (tertiary/aromatic N) is 1. The van der Waals surface area contributed by atoms with Crippen LogP contribution in [0.4, 0.5) is 11.4 Å². The van der Waals surface area contributed by atoms with Gasteiger partial charge in [-0.1, -0.05) is 24.3 Å². The quantitative estimate of drug-likeness (QED) is 0.544. The Morgan fingerprint density at radius 3 is 2.76 bits per heavy atom. The summed E-state index contributed by atoms with van der Waals surface area (Å²) in [5.74, 6) is 1.63. The van der Waals surface area contributed by atoms with Crippen LogP contribution in [0.15, 0.2) is 48.5 Å². The predicted molar refractivity (Wildman–Crippen MR) is 91.7 cm³/mol. The third-order valence-corrected chi connectivity index (χ3v) is 4.83. The molecular weight excluding hydrogens is 302 g/mol. The molecule has 21 heavy (non-hydrogen) atoms. The molecule has 1 aliphatic rings. The Hall–Kier alpha value is -1.32. The van der Waals surface area contributed by atoms with Gasteiger partial charge < -0.3 is 4.74 Å². The first kappa shape index (κ1) is 14.6. The summed E-state index contributed by atoms with van der Waals surface area (Å²) in [5.41, 5.74) is 3.61. The van der Waals surface area contributed by atoms with E-state index in [1.165, 1.54) is 11.3 Å². The minimum atomic E-state index is 0.109. The molecule has 1 aliphatic heterocycles. The molecule has 0 aromatic heterocycles. The summed E-state index contributed by atoms with van der Waals surface area (Å²) < 4.78 is 8.39. The molecule has 0 fully saturated rings. The van der Waals surface area contributed by atoms with Gasteiger partial charge in [0.1, 0.15) is 5.75 Å². The predicted octanol–water partition coefficient (Wildman–Crippen LogP) is 5.52. The number of ether oxygens (including phenoxy) is 1. The van der Waals surface area contributed by atoms with Crippen molar-refractivity contribution in [1.29, 1.82) is 0 Å². The zero-order chi connectivity index (χ0) is 14.7. The van der Waals surface area contributed by atoms with E-state index in [2.05, 4.69) is 53.7 Å². The topological polar surface area (TPSA) is 12.5 Å². The SMILES string of the molecule is Cc1ccc2c(c1)OC(CCCCl)SN2c1ccccc1. The van der Waals surface area contributed by atoms with Gasteiger partial charge in [0.2, 0.25) is 0 Å². The van der Waals surface area contributed by atoms with Crippen LogP contribution in [0.3, 0.4) is 0 Å². The largest absolute Gasteiger partial charge is 0.476 e. The molecule has 3 rings (SSSR count). The lowest BCUT2D eigenvalue weighted by atomic mass is 10.2. The van der Waals surface area contributed by atoms with E-state index in [0.717, 1.165) is 24.3 Å². The molecule has 0 aliphatic carbocycles. The molecule has 0 saturated heterocycles. The Morgan fingerprint density at radius 2 is 2.00 bits per heavy atom. The lowest BCUT2D eigenvalue weighted by molar-refractivity contribution is 0.273. The lowest BCUT2D eigenvalue weighted by Crippen LogP contribution is -2.25. The van der Waals surface area contributed by atoms with Crippen molar-refractivity contribution in [2.24, 2.45) is 0 Å². The first-order valence-electron chi connectivity index (χ1n) is 7.13. The Labute approximate surface area is 135 Å². The third-order valence-electron chi connectivity index (χ3n) is 3.38. The summed E-state index contributed by atoms with van der Waals surface area (Å²) in [6.07, 6.45) is 1.91. The summed E-state index contributed by atoms with van der Waals surface area (Å²) in [4.78, 5) is 0. The van der Waals surface area contributed by atoms with E-state index >= 15 is 0 Å². The van der Waals surface area contributed by atoms with Crippen LogP contribution in [-0.4, -0.2) is 11.3 Å². The van der Waals surface area contributed by atoms with Crippen molar-refractivity contribution in [2.45, 2.75) is 25.2 Å². The fourth-order valence-electron chi connectivity index (χ4n) is 2.34. The fraction of sp³-hybridized carbons (Fsp3) is 0.294. The van der Waals surface area contributed by atoms with Crippen molar-refractivity contribution in [3.63, 3.8) is 0 Å². The van der Waals surface area contributed by atoms with E-state index in [4.69, 9.17) is 16.3 Å². The molecule has 0 bridgehead atoms. The van der Waals surface area contributed by atoms with Gasteiger partial charge in [-0.2, -0.15) is 0 Å². The molecular formula is C17H18ClNOS. The van der Waals surface area contributed by atoms with Crippen molar-refractivity contribution in [3.8, 4) is 5.75 Å². The monoisotopic (exact) mass is 319 g/mol. The molecule has 0 amide bonds. The van der Waals surface area contributed by atoms with Crippen LogP contribution in [0.5, 0.6) is 5.75 Å². The zero-order valence-corrected chi connectivity index (χ0v) is 13.5. The summed E-state index contributed by atoms with van der Waals surface area (Å²) >= 11 is 7.55. The molecule has 2 aromatic rings. The van der Waals surface area contributed by atoms with Crippen molar-refractivity contribution in [3.05, 3.63) is 54.1 Å². The number of fused-ring (bicyclic) bond motifs is 1. The first-order chi connectivity index (χ1) is 10.3. The first-order valence-corrected chi connectivity index (χ1v) is 8.50. The van der Waals surface area contributed by atoms with Gasteiger partial charge in [-0.25, -0.2) is 0 Å². The average Bonchev–Trinajstić information content (AvgIpc) is 2.52. The number of hydrogen-bond acceptors (Lipinski definition) is 3. The maximum Gasteiger partial charge on any atom is 0.163 e. The number of para-hydroxylation sites is 1. The van der Waals surface area contributed by atoms with Gasteiger partial charge in [0.25, 0.3) is 0 Å². The molecule has 2 nitrogen and oxygen atoms in total. The molecule has 110 valence electrons. The normalized spacial score (nSPS) is 17.2. The van der Waals surface area contributed by atoms with Gasteiger partial charge in [-0.15, -0.1) is 11.6 Å². The highest BCUT2D eigenvalue weighted by atomic mass is 35.5. The van der Waals surface area contributed by atoms with Crippen LogP contribution in [0.2, 0.25) is 0 Å². The molecule has 0 spiro atoms. The van der Waals surface area contributed by atoms with Gasteiger partial charge in [0.05, 0.1) is 11.4 Å². The molecule has 1 heterocycles. The van der Waals surface area contributed by atoms with Crippen LogP contribution in [0, 0.1) is 6.92 Å². The minimum Gasteiger partial charge on any atom is -0.476 e. The number of rotatable bonds is 4. The second kappa shape index (κ2) is 6.63. The highest BCUT2D eigenvalue weighted by Gasteiger charge is 2.27. The fourth-order valence-corrected chi connectivity index (χ4v) is 3.66. The van der Waals surface area contributed by atoms with Crippen LogP contribution in [-0.2, 0) is 0 Å². The Balaban J connectivity index is 1.95. The summed E-state index contributed by atoms with van der Waals surface area (Å²) in [6.45, 7) is 2.09. The number of alkyl halides is 1. The third kappa shape index (κ3) is 3.30. The second-order valence-electron chi connectivity index (χ2n) is 5.09. The Bertz CT molecular complexity index is 605. The number of anilines is 2. The maximum atomic E-state index is 6.13. The molecule has 1 atom stereocenters. The van der Waals surface area contributed by atoms with Crippen LogP contribution >= 0.6 is 23.5 Å². The average molecular weight is 320 g/mol. The Morgan fingerprint density at radius 1 is 1.19 bits per heavy atom. The molecule has 0 saturated carbocycles. The molecule has 0 radical (unpaired) electrons. The van der Waals surface area contributed by atoms with Gasteiger partial charge in [-0.3, -0.25) is 4.31 Å². The van der Waals surface area contributed by atoms with E-state index in [1.54, 1.807) is 11.9 Å². The van der Waals surface area contributed by atoms with E-state index in [9.17, 15) is 0 Å². The maximum absolute atomic E-state index is 6.13. The number of halogens is 1.